The molecule has 17 heavy (non-hydrogen) atoms. The van der Waals surface area contributed by atoms with Crippen LogP contribution in [0.1, 0.15) is 0 Å². The molecule has 2 rings (SSSR count). The zero-order valence-electron chi connectivity index (χ0n) is 10.0. The summed E-state index contributed by atoms with van der Waals surface area (Å²) in [6.07, 6.45) is 0. The summed E-state index contributed by atoms with van der Waals surface area (Å²) < 4.78 is 11.1. The molecule has 1 aromatic carbocycles. The van der Waals surface area contributed by atoms with Crippen LogP contribution in [0.5, 0.6) is 5.75 Å². The highest BCUT2D eigenvalue weighted by molar-refractivity contribution is 5.20. The Kier molecular flexibility index (Phi) is 4.79. The third-order valence-corrected chi connectivity index (χ3v) is 3.02. The van der Waals surface area contributed by atoms with Crippen LogP contribution in [0.4, 0.5) is 0 Å². The van der Waals surface area contributed by atoms with Crippen LogP contribution >= 0.6 is 0 Å². The first-order valence-corrected chi connectivity index (χ1v) is 6.10. The fourth-order valence-corrected chi connectivity index (χ4v) is 1.97. The summed E-state index contributed by atoms with van der Waals surface area (Å²) in [6.45, 7) is 4.73. The molecule has 1 fully saturated rings. The summed E-state index contributed by atoms with van der Waals surface area (Å²) in [5, 5.41) is 0. The molecular formula is C13H20N2O2. The zero-order chi connectivity index (χ0) is 11.9. The van der Waals surface area contributed by atoms with E-state index in [0.717, 1.165) is 32.1 Å². The molecule has 2 N–H and O–H groups in total. The molecule has 1 aliphatic rings. The first-order valence-electron chi connectivity index (χ1n) is 6.10. The molecule has 0 bridgehead atoms. The van der Waals surface area contributed by atoms with E-state index in [2.05, 4.69) is 4.90 Å². The topological polar surface area (TPSA) is 47.7 Å². The minimum absolute atomic E-state index is 0.277. The second-order valence-corrected chi connectivity index (χ2v) is 4.16. The number of hydrogen-bond acceptors (Lipinski definition) is 4. The Labute approximate surface area is 102 Å². The van der Waals surface area contributed by atoms with E-state index in [9.17, 15) is 0 Å². The van der Waals surface area contributed by atoms with Crippen molar-refractivity contribution in [3.63, 3.8) is 0 Å². The van der Waals surface area contributed by atoms with Crippen molar-refractivity contribution >= 4 is 0 Å². The predicted octanol–water partition coefficient (Wildman–Crippen LogP) is 0.725. The van der Waals surface area contributed by atoms with Crippen LogP contribution in [0, 0.1) is 0 Å². The van der Waals surface area contributed by atoms with Gasteiger partial charge in [-0.1, -0.05) is 18.2 Å². The summed E-state index contributed by atoms with van der Waals surface area (Å²) in [4.78, 5) is 2.34. The van der Waals surface area contributed by atoms with E-state index in [1.165, 1.54) is 0 Å². The standard InChI is InChI=1S/C13H20N2O2/c14-10-12(15-6-8-16-9-7-15)11-17-13-4-2-1-3-5-13/h1-5,12H,6-11,14H2/t12-/m0/s1. The first-order chi connectivity index (χ1) is 8.40. The minimum Gasteiger partial charge on any atom is -0.492 e. The van der Waals surface area contributed by atoms with E-state index in [-0.39, 0.29) is 6.04 Å². The second-order valence-electron chi connectivity index (χ2n) is 4.16. The number of rotatable bonds is 5. The SMILES string of the molecule is NC[C@@H](COc1ccccc1)N1CCOCC1. The molecule has 1 aliphatic heterocycles. The number of morpholine rings is 1. The van der Waals surface area contributed by atoms with Crippen molar-refractivity contribution in [2.45, 2.75) is 6.04 Å². The van der Waals surface area contributed by atoms with Gasteiger partial charge in [0.05, 0.1) is 19.3 Å². The van der Waals surface area contributed by atoms with Crippen LogP contribution in [0.25, 0.3) is 0 Å². The van der Waals surface area contributed by atoms with E-state index in [0.29, 0.717) is 13.2 Å². The summed E-state index contributed by atoms with van der Waals surface area (Å²) in [7, 11) is 0. The van der Waals surface area contributed by atoms with Crippen LogP contribution in [-0.4, -0.2) is 50.4 Å². The monoisotopic (exact) mass is 236 g/mol. The van der Waals surface area contributed by atoms with Crippen molar-refractivity contribution in [2.75, 3.05) is 39.5 Å². The molecule has 1 saturated heterocycles. The molecule has 1 heterocycles. The maximum atomic E-state index is 5.81. The molecule has 0 unspecified atom stereocenters. The first kappa shape index (κ1) is 12.4. The number of benzene rings is 1. The Hall–Kier alpha value is -1.10. The molecule has 0 aromatic heterocycles. The predicted molar refractivity (Wildman–Crippen MR) is 67.2 cm³/mol. The number of ether oxygens (including phenoxy) is 2. The highest BCUT2D eigenvalue weighted by Crippen LogP contribution is 2.10. The Morgan fingerprint density at radius 3 is 2.59 bits per heavy atom. The smallest absolute Gasteiger partial charge is 0.119 e. The van der Waals surface area contributed by atoms with Gasteiger partial charge in [0, 0.05) is 19.6 Å². The Balaban J connectivity index is 1.82. The summed E-state index contributed by atoms with van der Waals surface area (Å²) in [5.41, 5.74) is 5.81. The molecule has 94 valence electrons. The number of nitrogens with two attached hydrogens (primary N) is 1. The van der Waals surface area contributed by atoms with Crippen molar-refractivity contribution in [3.05, 3.63) is 30.3 Å². The van der Waals surface area contributed by atoms with Crippen LogP contribution in [0.2, 0.25) is 0 Å². The second kappa shape index (κ2) is 6.59. The average molecular weight is 236 g/mol. The molecule has 0 spiro atoms. The van der Waals surface area contributed by atoms with Crippen LogP contribution in [0.3, 0.4) is 0 Å². The van der Waals surface area contributed by atoms with Crippen molar-refractivity contribution in [2.24, 2.45) is 5.73 Å². The number of hydrogen-bond donors (Lipinski definition) is 1. The van der Waals surface area contributed by atoms with Gasteiger partial charge in [-0.05, 0) is 12.1 Å². The molecular weight excluding hydrogens is 216 g/mol. The van der Waals surface area contributed by atoms with Crippen LogP contribution in [-0.2, 0) is 4.74 Å². The van der Waals surface area contributed by atoms with Gasteiger partial charge < -0.3 is 15.2 Å². The largest absolute Gasteiger partial charge is 0.492 e. The quantitative estimate of drug-likeness (QED) is 0.818. The van der Waals surface area contributed by atoms with Crippen molar-refractivity contribution in [1.82, 2.24) is 4.90 Å². The summed E-state index contributed by atoms with van der Waals surface area (Å²) in [6, 6.07) is 10.1. The zero-order valence-corrected chi connectivity index (χ0v) is 10.0. The van der Waals surface area contributed by atoms with Gasteiger partial charge in [-0.25, -0.2) is 0 Å². The summed E-state index contributed by atoms with van der Waals surface area (Å²) in [5.74, 6) is 0.902. The van der Waals surface area contributed by atoms with E-state index in [1.807, 2.05) is 30.3 Å². The molecule has 4 nitrogen and oxygen atoms in total. The van der Waals surface area contributed by atoms with Gasteiger partial charge in [-0.2, -0.15) is 0 Å². The highest BCUT2D eigenvalue weighted by Gasteiger charge is 2.20. The normalized spacial score (nSPS) is 18.9. The van der Waals surface area contributed by atoms with Gasteiger partial charge in [0.15, 0.2) is 0 Å². The lowest BCUT2D eigenvalue weighted by atomic mass is 10.2. The molecule has 0 saturated carbocycles. The fourth-order valence-electron chi connectivity index (χ4n) is 1.97. The third kappa shape index (κ3) is 3.70. The third-order valence-electron chi connectivity index (χ3n) is 3.02. The van der Waals surface area contributed by atoms with Crippen molar-refractivity contribution in [1.29, 1.82) is 0 Å². The minimum atomic E-state index is 0.277. The van der Waals surface area contributed by atoms with Gasteiger partial charge >= 0.3 is 0 Å². The van der Waals surface area contributed by atoms with E-state index >= 15 is 0 Å². The molecule has 4 heteroatoms. The number of para-hydroxylation sites is 1. The maximum absolute atomic E-state index is 5.81. The molecule has 0 aliphatic carbocycles. The lowest BCUT2D eigenvalue weighted by Gasteiger charge is -2.33. The number of nitrogens with zero attached hydrogens (tertiary/aromatic N) is 1. The van der Waals surface area contributed by atoms with Crippen LogP contribution in [0.15, 0.2) is 30.3 Å². The molecule has 1 aromatic rings. The fraction of sp³-hybridized carbons (Fsp3) is 0.538. The van der Waals surface area contributed by atoms with E-state index in [4.69, 9.17) is 15.2 Å². The molecule has 0 radical (unpaired) electrons. The van der Waals surface area contributed by atoms with Gasteiger partial charge in [0.1, 0.15) is 12.4 Å². The highest BCUT2D eigenvalue weighted by atomic mass is 16.5. The van der Waals surface area contributed by atoms with E-state index in [1.54, 1.807) is 0 Å². The Bertz CT molecular complexity index is 312. The van der Waals surface area contributed by atoms with Crippen LogP contribution < -0.4 is 10.5 Å². The van der Waals surface area contributed by atoms with Crippen molar-refractivity contribution < 1.29 is 9.47 Å². The summed E-state index contributed by atoms with van der Waals surface area (Å²) >= 11 is 0. The lowest BCUT2D eigenvalue weighted by molar-refractivity contribution is 0.00824. The van der Waals surface area contributed by atoms with E-state index < -0.39 is 0 Å². The van der Waals surface area contributed by atoms with Gasteiger partial charge in [0.2, 0.25) is 0 Å². The molecule has 0 amide bonds. The van der Waals surface area contributed by atoms with Gasteiger partial charge in [-0.15, -0.1) is 0 Å². The average Bonchev–Trinajstić information content (AvgIpc) is 2.42. The lowest BCUT2D eigenvalue weighted by Crippen LogP contribution is -2.49. The maximum Gasteiger partial charge on any atom is 0.119 e. The van der Waals surface area contributed by atoms with Gasteiger partial charge in [0.25, 0.3) is 0 Å². The Morgan fingerprint density at radius 2 is 1.94 bits per heavy atom. The van der Waals surface area contributed by atoms with Crippen molar-refractivity contribution in [3.8, 4) is 5.75 Å². The molecule has 1 atom stereocenters. The Morgan fingerprint density at radius 1 is 1.24 bits per heavy atom. The van der Waals surface area contributed by atoms with Gasteiger partial charge in [-0.3, -0.25) is 4.90 Å².